The fraction of sp³-hybridized carbons (Fsp3) is 0.474. The summed E-state index contributed by atoms with van der Waals surface area (Å²) in [6, 6.07) is 12.0. The molecule has 11 heteroatoms. The van der Waals surface area contributed by atoms with Crippen molar-refractivity contribution < 1.29 is 33.8 Å². The highest BCUT2D eigenvalue weighted by atomic mass is 16.6. The molecule has 3 amide bonds. The minimum absolute atomic E-state index is 0.0236. The zero-order valence-corrected chi connectivity index (χ0v) is 29.5. The predicted molar refractivity (Wildman–Crippen MR) is 187 cm³/mol. The molecule has 0 radical (unpaired) electrons. The largest absolute Gasteiger partial charge is 0.460 e. The van der Waals surface area contributed by atoms with Crippen molar-refractivity contribution in [2.24, 2.45) is 11.8 Å². The number of amides is 3. The molecular formula is C38H50N4O7. The van der Waals surface area contributed by atoms with Crippen molar-refractivity contribution in [2.75, 3.05) is 20.8 Å². The predicted octanol–water partition coefficient (Wildman–Crippen LogP) is 4.00. The van der Waals surface area contributed by atoms with E-state index in [0.717, 1.165) is 27.6 Å². The summed E-state index contributed by atoms with van der Waals surface area (Å²) in [4.78, 5) is 60.0. The molecule has 1 aromatic heterocycles. The quantitative estimate of drug-likeness (QED) is 0.228. The maximum atomic E-state index is 14.5. The number of cyclic esters (lactones) is 1. The Morgan fingerprint density at radius 3 is 2.33 bits per heavy atom. The van der Waals surface area contributed by atoms with Crippen molar-refractivity contribution in [2.45, 2.75) is 84.2 Å². The second-order valence-electron chi connectivity index (χ2n) is 13.2. The molecule has 3 aromatic rings. The van der Waals surface area contributed by atoms with E-state index in [1.165, 1.54) is 12.0 Å². The van der Waals surface area contributed by atoms with Crippen LogP contribution in [0.15, 0.2) is 66.4 Å². The molecule has 0 aliphatic carbocycles. The van der Waals surface area contributed by atoms with Gasteiger partial charge in [0.2, 0.25) is 17.7 Å². The highest BCUT2D eigenvalue weighted by molar-refractivity contribution is 5.93. The van der Waals surface area contributed by atoms with Crippen LogP contribution in [0.5, 0.6) is 0 Å². The molecule has 0 spiro atoms. The van der Waals surface area contributed by atoms with Crippen LogP contribution in [-0.2, 0) is 41.5 Å². The molecule has 2 heterocycles. The summed E-state index contributed by atoms with van der Waals surface area (Å²) in [6.07, 6.45) is 3.08. The fourth-order valence-electron chi connectivity index (χ4n) is 6.35. The maximum absolute atomic E-state index is 14.5. The van der Waals surface area contributed by atoms with Crippen LogP contribution < -0.4 is 10.6 Å². The average molecular weight is 675 g/mol. The number of aromatic amines is 1. The third kappa shape index (κ3) is 9.16. The van der Waals surface area contributed by atoms with Crippen LogP contribution in [0.1, 0.15) is 63.8 Å². The number of para-hydroxylation sites is 1. The minimum Gasteiger partial charge on any atom is -0.460 e. The Balaban J connectivity index is 1.80. The average Bonchev–Trinajstić information content (AvgIpc) is 3.48. The minimum atomic E-state index is -1.22. The zero-order valence-electron chi connectivity index (χ0n) is 29.5. The first-order chi connectivity index (χ1) is 23.3. The number of methoxy groups -OCH3 is 1. The molecule has 11 nitrogen and oxygen atoms in total. The van der Waals surface area contributed by atoms with Crippen LogP contribution in [0.3, 0.4) is 0 Å². The zero-order chi connectivity index (χ0) is 35.8. The van der Waals surface area contributed by atoms with Crippen LogP contribution in [-0.4, -0.2) is 83.7 Å². The SMILES string of the molecule is CO[C@@H]1C(=O)O[C@H](C)[C@H](C)/C=C(\C)C[C@H](C)C(=O)N[C@@H](C)C(=O)N(C)[C@H](Cc2c[nH]c3ccccc23)C(=O)N[C@H]1c1ccc(CCO)cc1. The number of ether oxygens (including phenoxy) is 2. The van der Waals surface area contributed by atoms with Crippen molar-refractivity contribution >= 4 is 34.6 Å². The lowest BCUT2D eigenvalue weighted by molar-refractivity contribution is -0.164. The number of H-pyrrole nitrogens is 1. The van der Waals surface area contributed by atoms with Gasteiger partial charge >= 0.3 is 5.97 Å². The highest BCUT2D eigenvalue weighted by Gasteiger charge is 2.38. The number of carbonyl (C=O) groups excluding carboxylic acids is 4. The normalized spacial score (nSPS) is 27.8. The van der Waals surface area contributed by atoms with Crippen molar-refractivity contribution in [1.29, 1.82) is 0 Å². The number of hydrogen-bond donors (Lipinski definition) is 4. The van der Waals surface area contributed by atoms with Gasteiger partial charge in [-0.2, -0.15) is 0 Å². The van der Waals surface area contributed by atoms with Gasteiger partial charge in [-0.25, -0.2) is 4.79 Å². The number of rotatable bonds is 6. The summed E-state index contributed by atoms with van der Waals surface area (Å²) >= 11 is 0. The van der Waals surface area contributed by atoms with Gasteiger partial charge in [-0.3, -0.25) is 14.4 Å². The molecule has 1 aliphatic rings. The smallest absolute Gasteiger partial charge is 0.338 e. The van der Waals surface area contributed by atoms with Crippen molar-refractivity contribution in [3.8, 4) is 0 Å². The number of likely N-dealkylation sites (N-methyl/N-ethyl adjacent to an activating group) is 1. The van der Waals surface area contributed by atoms with Crippen LogP contribution in [0.4, 0.5) is 0 Å². The Morgan fingerprint density at radius 1 is 0.959 bits per heavy atom. The summed E-state index contributed by atoms with van der Waals surface area (Å²) in [5.41, 5.74) is 4.12. The summed E-state index contributed by atoms with van der Waals surface area (Å²) in [6.45, 7) is 9.04. The van der Waals surface area contributed by atoms with E-state index in [1.54, 1.807) is 40.0 Å². The number of hydrogen-bond acceptors (Lipinski definition) is 7. The number of carbonyl (C=O) groups is 4. The van der Waals surface area contributed by atoms with Gasteiger partial charge in [0.15, 0.2) is 6.10 Å². The molecule has 0 fully saturated rings. The van der Waals surface area contributed by atoms with Gasteiger partial charge in [0, 0.05) is 56.1 Å². The standard InChI is InChI=1S/C38H50N4O7/c1-22-18-23(2)26(5)49-38(47)34(48-7)33(28-14-12-27(13-15-28)16-17-43)41-36(45)32(20-29-21-39-31-11-9-8-10-30(29)31)42(6)37(46)25(4)40-35(44)24(3)19-22/h8-15,18,21,23-26,32-34,39,43H,16-17,19-20H2,1-7H3,(H,40,44)(H,41,45)/b22-18+/t23-,24+,25+,26-,32-,33+,34+/m1/s1. The molecule has 0 saturated heterocycles. The van der Waals surface area contributed by atoms with E-state index >= 15 is 0 Å². The van der Waals surface area contributed by atoms with Crippen molar-refractivity contribution in [3.05, 3.63) is 83.1 Å². The topological polar surface area (TPSA) is 150 Å². The number of aliphatic hydroxyl groups excluding tert-OH is 1. The summed E-state index contributed by atoms with van der Waals surface area (Å²) < 4.78 is 11.7. The third-order valence-corrected chi connectivity index (χ3v) is 9.43. The second-order valence-corrected chi connectivity index (χ2v) is 13.2. The van der Waals surface area contributed by atoms with Crippen LogP contribution in [0.2, 0.25) is 0 Å². The first-order valence-electron chi connectivity index (χ1n) is 16.9. The van der Waals surface area contributed by atoms with E-state index in [1.807, 2.05) is 62.5 Å². The Labute approximate surface area is 288 Å². The molecule has 0 saturated carbocycles. The first-order valence-corrected chi connectivity index (χ1v) is 16.9. The lowest BCUT2D eigenvalue weighted by Gasteiger charge is -2.33. The monoisotopic (exact) mass is 674 g/mol. The van der Waals surface area contributed by atoms with E-state index in [2.05, 4.69) is 15.6 Å². The molecular weight excluding hydrogens is 624 g/mol. The summed E-state index contributed by atoms with van der Waals surface area (Å²) in [7, 11) is 2.93. The number of nitrogens with zero attached hydrogens (tertiary/aromatic N) is 1. The van der Waals surface area contributed by atoms with E-state index in [9.17, 15) is 24.3 Å². The number of aromatic nitrogens is 1. The van der Waals surface area contributed by atoms with Gasteiger partial charge in [0.25, 0.3) is 0 Å². The molecule has 0 unspecified atom stereocenters. The van der Waals surface area contributed by atoms with Gasteiger partial charge in [-0.15, -0.1) is 0 Å². The highest BCUT2D eigenvalue weighted by Crippen LogP contribution is 2.26. The van der Waals surface area contributed by atoms with Crippen LogP contribution in [0, 0.1) is 11.8 Å². The van der Waals surface area contributed by atoms with Gasteiger partial charge in [-0.1, -0.05) is 68.0 Å². The number of nitrogens with one attached hydrogen (secondary N) is 3. The van der Waals surface area contributed by atoms with Crippen LogP contribution in [0.25, 0.3) is 10.9 Å². The number of benzene rings is 2. The Morgan fingerprint density at radius 2 is 1.65 bits per heavy atom. The van der Waals surface area contributed by atoms with Gasteiger partial charge in [0.05, 0.1) is 6.04 Å². The Hall–Kier alpha value is -4.48. The third-order valence-electron chi connectivity index (χ3n) is 9.43. The lowest BCUT2D eigenvalue weighted by atomic mass is 9.95. The van der Waals surface area contributed by atoms with E-state index in [4.69, 9.17) is 9.47 Å². The number of fused-ring (bicyclic) bond motifs is 1. The van der Waals surface area contributed by atoms with Crippen molar-refractivity contribution in [1.82, 2.24) is 20.5 Å². The van der Waals surface area contributed by atoms with Crippen molar-refractivity contribution in [3.63, 3.8) is 0 Å². The molecule has 4 N–H and O–H groups in total. The lowest BCUT2D eigenvalue weighted by Crippen LogP contribution is -2.56. The molecule has 49 heavy (non-hydrogen) atoms. The van der Waals surface area contributed by atoms with Gasteiger partial charge in [-0.05, 0) is 56.4 Å². The Bertz CT molecular complexity index is 1650. The molecule has 1 aliphatic heterocycles. The summed E-state index contributed by atoms with van der Waals surface area (Å²) in [5.74, 6) is -2.50. The number of allylic oxidation sites excluding steroid dienone is 1. The number of aliphatic hydroxyl groups is 1. The van der Waals surface area contributed by atoms with Gasteiger partial charge < -0.3 is 35.1 Å². The van der Waals surface area contributed by atoms with E-state index < -0.39 is 54.0 Å². The fourth-order valence-corrected chi connectivity index (χ4v) is 6.35. The molecule has 264 valence electrons. The van der Waals surface area contributed by atoms with E-state index in [-0.39, 0.29) is 24.9 Å². The molecule has 7 atom stereocenters. The second kappa shape index (κ2) is 16.8. The van der Waals surface area contributed by atoms with Crippen LogP contribution >= 0.6 is 0 Å². The van der Waals surface area contributed by atoms with E-state index in [0.29, 0.717) is 18.4 Å². The first kappa shape index (κ1) is 37.3. The van der Waals surface area contributed by atoms with Gasteiger partial charge in [0.1, 0.15) is 18.2 Å². The molecule has 4 rings (SSSR count). The number of esters is 1. The molecule has 0 bridgehead atoms. The summed E-state index contributed by atoms with van der Waals surface area (Å²) in [5, 5.41) is 16.2. The Kier molecular flexibility index (Phi) is 12.8. The maximum Gasteiger partial charge on any atom is 0.338 e. The molecule has 2 aromatic carbocycles.